The minimum Gasteiger partial charge on any atom is -0.463 e. The third-order valence-electron chi connectivity index (χ3n) is 2.47. The molecule has 1 saturated carbocycles. The average Bonchev–Trinajstić information content (AvgIpc) is 2.05. The second-order valence-corrected chi connectivity index (χ2v) is 5.24. The Morgan fingerprint density at radius 1 is 1.07 bits per heavy atom. The van der Waals surface area contributed by atoms with Crippen LogP contribution in [0.1, 0.15) is 53.4 Å². The molecule has 1 aliphatic carbocycles. The Hall–Kier alpha value is -0.570. The van der Waals surface area contributed by atoms with Crippen LogP contribution >= 0.6 is 0 Å². The number of hydrogen-bond acceptors (Lipinski definition) is 3. The molecular formula is C12H22O3. The van der Waals surface area contributed by atoms with Crippen LogP contribution in [0.3, 0.4) is 0 Å². The molecule has 0 N–H and O–H groups in total. The van der Waals surface area contributed by atoms with Gasteiger partial charge in [-0.15, -0.1) is 0 Å². The number of hydrogen-bond donors (Lipinski definition) is 0. The van der Waals surface area contributed by atoms with E-state index in [1.165, 1.54) is 6.92 Å². The van der Waals surface area contributed by atoms with Gasteiger partial charge in [0.1, 0.15) is 6.10 Å². The molecule has 3 nitrogen and oxygen atoms in total. The molecule has 1 rings (SSSR count). The molecule has 1 aliphatic rings. The van der Waals surface area contributed by atoms with Gasteiger partial charge in [0.15, 0.2) is 0 Å². The zero-order valence-corrected chi connectivity index (χ0v) is 10.2. The van der Waals surface area contributed by atoms with Crippen LogP contribution in [-0.4, -0.2) is 23.8 Å². The maximum Gasteiger partial charge on any atom is 0.302 e. The number of esters is 1. The highest BCUT2D eigenvalue weighted by Gasteiger charge is 2.26. The van der Waals surface area contributed by atoms with Gasteiger partial charge in [-0.2, -0.15) is 0 Å². The third-order valence-corrected chi connectivity index (χ3v) is 2.47. The van der Waals surface area contributed by atoms with Crippen molar-refractivity contribution < 1.29 is 14.3 Å². The van der Waals surface area contributed by atoms with E-state index in [4.69, 9.17) is 9.47 Å². The number of rotatable bonds is 2. The predicted molar refractivity (Wildman–Crippen MR) is 58.6 cm³/mol. The van der Waals surface area contributed by atoms with Gasteiger partial charge in [0.05, 0.1) is 11.7 Å². The smallest absolute Gasteiger partial charge is 0.302 e. The van der Waals surface area contributed by atoms with E-state index in [2.05, 4.69) is 20.8 Å². The number of ether oxygens (including phenoxy) is 2. The minimum atomic E-state index is -0.171. The summed E-state index contributed by atoms with van der Waals surface area (Å²) in [6.07, 6.45) is 4.30. The molecule has 0 atom stereocenters. The van der Waals surface area contributed by atoms with Gasteiger partial charge in [0.2, 0.25) is 0 Å². The normalized spacial score (nSPS) is 27.5. The van der Waals surface area contributed by atoms with Gasteiger partial charge in [-0.1, -0.05) is 0 Å². The molecule has 0 aromatic heterocycles. The fraction of sp³-hybridized carbons (Fsp3) is 0.917. The van der Waals surface area contributed by atoms with E-state index in [0.29, 0.717) is 6.10 Å². The first-order valence-corrected chi connectivity index (χ1v) is 5.72. The highest BCUT2D eigenvalue weighted by Crippen LogP contribution is 2.26. The van der Waals surface area contributed by atoms with Gasteiger partial charge in [-0.3, -0.25) is 4.79 Å². The zero-order chi connectivity index (χ0) is 11.5. The van der Waals surface area contributed by atoms with Crippen LogP contribution < -0.4 is 0 Å². The van der Waals surface area contributed by atoms with Crippen LogP contribution in [-0.2, 0) is 14.3 Å². The van der Waals surface area contributed by atoms with Crippen molar-refractivity contribution in [3.8, 4) is 0 Å². The van der Waals surface area contributed by atoms with Crippen molar-refractivity contribution in [1.29, 1.82) is 0 Å². The molecule has 0 unspecified atom stereocenters. The molecule has 1 fully saturated rings. The van der Waals surface area contributed by atoms with Crippen LogP contribution in [0.4, 0.5) is 0 Å². The quantitative estimate of drug-likeness (QED) is 0.663. The monoisotopic (exact) mass is 214 g/mol. The highest BCUT2D eigenvalue weighted by atomic mass is 16.5. The maximum absolute atomic E-state index is 10.8. The first kappa shape index (κ1) is 12.5. The molecule has 0 aliphatic heterocycles. The fourth-order valence-electron chi connectivity index (χ4n) is 2.00. The van der Waals surface area contributed by atoms with E-state index in [0.717, 1.165) is 25.7 Å². The van der Waals surface area contributed by atoms with Gasteiger partial charge < -0.3 is 9.47 Å². The lowest BCUT2D eigenvalue weighted by Crippen LogP contribution is -2.33. The fourth-order valence-corrected chi connectivity index (χ4v) is 2.00. The summed E-state index contributed by atoms with van der Waals surface area (Å²) >= 11 is 0. The average molecular weight is 214 g/mol. The van der Waals surface area contributed by atoms with Crippen molar-refractivity contribution in [2.45, 2.75) is 71.2 Å². The van der Waals surface area contributed by atoms with Gasteiger partial charge in [-0.05, 0) is 46.5 Å². The van der Waals surface area contributed by atoms with Crippen LogP contribution in [0.5, 0.6) is 0 Å². The Morgan fingerprint density at radius 3 is 1.93 bits per heavy atom. The molecule has 0 spiro atoms. The van der Waals surface area contributed by atoms with Crippen molar-refractivity contribution in [2.75, 3.05) is 0 Å². The largest absolute Gasteiger partial charge is 0.463 e. The Balaban J connectivity index is 2.27. The molecule has 0 radical (unpaired) electrons. The minimum absolute atomic E-state index is 0.0705. The maximum atomic E-state index is 10.8. The molecule has 3 heteroatoms. The summed E-state index contributed by atoms with van der Waals surface area (Å²) in [4.78, 5) is 10.8. The summed E-state index contributed by atoms with van der Waals surface area (Å²) in [6.45, 7) is 7.69. The van der Waals surface area contributed by atoms with Crippen molar-refractivity contribution in [3.05, 3.63) is 0 Å². The summed E-state index contributed by atoms with van der Waals surface area (Å²) < 4.78 is 11.1. The van der Waals surface area contributed by atoms with Gasteiger partial charge in [0, 0.05) is 6.92 Å². The summed E-state index contributed by atoms with van der Waals surface area (Å²) in [5, 5.41) is 0. The Bertz CT molecular complexity index is 209. The van der Waals surface area contributed by atoms with Gasteiger partial charge >= 0.3 is 5.97 Å². The molecule has 0 amide bonds. The van der Waals surface area contributed by atoms with Crippen molar-refractivity contribution in [2.24, 2.45) is 0 Å². The van der Waals surface area contributed by atoms with E-state index in [1.54, 1.807) is 0 Å². The molecule has 0 saturated heterocycles. The van der Waals surface area contributed by atoms with Crippen LogP contribution in [0.2, 0.25) is 0 Å². The Morgan fingerprint density at radius 2 is 1.53 bits per heavy atom. The first-order valence-electron chi connectivity index (χ1n) is 5.72. The summed E-state index contributed by atoms with van der Waals surface area (Å²) in [5.41, 5.74) is -0.0705. The van der Waals surface area contributed by atoms with Crippen LogP contribution in [0, 0.1) is 0 Å². The lowest BCUT2D eigenvalue weighted by molar-refractivity contribution is -0.151. The summed E-state index contributed by atoms with van der Waals surface area (Å²) in [7, 11) is 0. The molecule has 0 aromatic carbocycles. The van der Waals surface area contributed by atoms with Crippen molar-refractivity contribution >= 4 is 5.97 Å². The zero-order valence-electron chi connectivity index (χ0n) is 10.2. The summed E-state index contributed by atoms with van der Waals surface area (Å²) in [6, 6.07) is 0. The lowest BCUT2D eigenvalue weighted by atomic mass is 9.94. The van der Waals surface area contributed by atoms with E-state index in [9.17, 15) is 4.79 Å². The standard InChI is InChI=1S/C12H22O3/c1-9(13)14-10-5-7-11(8-6-10)15-12(2,3)4/h10-11H,5-8H2,1-4H3. The van der Waals surface area contributed by atoms with Gasteiger partial charge in [-0.25, -0.2) is 0 Å². The Kier molecular flexibility index (Phi) is 4.14. The first-order chi connectivity index (χ1) is 6.87. The molecule has 0 heterocycles. The molecule has 0 bridgehead atoms. The molecule has 15 heavy (non-hydrogen) atoms. The van der Waals surface area contributed by atoms with E-state index in [1.807, 2.05) is 0 Å². The third kappa shape index (κ3) is 5.17. The number of carbonyl (C=O) groups is 1. The van der Waals surface area contributed by atoms with E-state index < -0.39 is 0 Å². The second kappa shape index (κ2) is 4.97. The second-order valence-electron chi connectivity index (χ2n) is 5.24. The van der Waals surface area contributed by atoms with Crippen LogP contribution in [0.15, 0.2) is 0 Å². The lowest BCUT2D eigenvalue weighted by Gasteiger charge is -2.33. The number of carbonyl (C=O) groups excluding carboxylic acids is 1. The highest BCUT2D eigenvalue weighted by molar-refractivity contribution is 5.66. The van der Waals surface area contributed by atoms with E-state index >= 15 is 0 Å². The van der Waals surface area contributed by atoms with Gasteiger partial charge in [0.25, 0.3) is 0 Å². The topological polar surface area (TPSA) is 35.5 Å². The van der Waals surface area contributed by atoms with Crippen molar-refractivity contribution in [1.82, 2.24) is 0 Å². The molecule has 0 aromatic rings. The van der Waals surface area contributed by atoms with Crippen LogP contribution in [0.25, 0.3) is 0 Å². The SMILES string of the molecule is CC(=O)OC1CCC(OC(C)(C)C)CC1. The van der Waals surface area contributed by atoms with E-state index in [-0.39, 0.29) is 17.7 Å². The predicted octanol–water partition coefficient (Wildman–Crippen LogP) is 2.68. The molecule has 88 valence electrons. The Labute approximate surface area is 92.1 Å². The summed E-state index contributed by atoms with van der Waals surface area (Å²) in [5.74, 6) is -0.171. The molecular weight excluding hydrogens is 192 g/mol. The van der Waals surface area contributed by atoms with Crippen molar-refractivity contribution in [3.63, 3.8) is 0 Å².